The van der Waals surface area contributed by atoms with Crippen molar-refractivity contribution in [1.82, 2.24) is 15.1 Å². The van der Waals surface area contributed by atoms with Crippen molar-refractivity contribution in [3.05, 3.63) is 0 Å². The van der Waals surface area contributed by atoms with Gasteiger partial charge < -0.3 is 10.2 Å². The topological polar surface area (TPSA) is 69.7 Å². The highest BCUT2D eigenvalue weighted by atomic mass is 32.2. The van der Waals surface area contributed by atoms with Gasteiger partial charge in [0.05, 0.1) is 0 Å². The fourth-order valence-electron chi connectivity index (χ4n) is 3.69. The van der Waals surface area contributed by atoms with Gasteiger partial charge in [-0.05, 0) is 18.8 Å². The van der Waals surface area contributed by atoms with Crippen molar-refractivity contribution in [2.45, 2.75) is 38.1 Å². The maximum Gasteiger partial charge on any atom is 0.325 e. The van der Waals surface area contributed by atoms with Crippen molar-refractivity contribution >= 4 is 29.6 Å². The molecular weight excluding hydrogens is 302 g/mol. The van der Waals surface area contributed by atoms with Gasteiger partial charge in [-0.2, -0.15) is 11.8 Å². The van der Waals surface area contributed by atoms with Crippen LogP contribution in [0.25, 0.3) is 0 Å². The first-order valence-corrected chi connectivity index (χ1v) is 9.20. The minimum atomic E-state index is -0.770. The van der Waals surface area contributed by atoms with Crippen LogP contribution in [0.5, 0.6) is 0 Å². The molecule has 2 unspecified atom stereocenters. The molecule has 2 heterocycles. The number of urea groups is 1. The fourth-order valence-corrected chi connectivity index (χ4v) is 4.59. The van der Waals surface area contributed by atoms with Gasteiger partial charge in [-0.1, -0.05) is 19.8 Å². The van der Waals surface area contributed by atoms with Gasteiger partial charge in [0, 0.05) is 24.6 Å². The van der Waals surface area contributed by atoms with E-state index < -0.39 is 11.6 Å². The summed E-state index contributed by atoms with van der Waals surface area (Å²) in [5.41, 5.74) is -0.770. The normalized spacial score (nSPS) is 32.5. The summed E-state index contributed by atoms with van der Waals surface area (Å²) >= 11 is 1.82. The Bertz CT molecular complexity index is 492. The van der Waals surface area contributed by atoms with E-state index in [2.05, 4.69) is 5.32 Å². The molecule has 0 aromatic rings. The van der Waals surface area contributed by atoms with Gasteiger partial charge in [0.2, 0.25) is 5.91 Å². The SMILES string of the molecule is CC1CCCCC12NC(=O)N(CC(=O)N1CCSCC1)C2=O. The molecule has 2 atom stereocenters. The monoisotopic (exact) mass is 325 g/mol. The molecule has 3 fully saturated rings. The molecule has 1 aliphatic carbocycles. The summed E-state index contributed by atoms with van der Waals surface area (Å²) in [6.07, 6.45) is 3.67. The number of imide groups is 1. The lowest BCUT2D eigenvalue weighted by Crippen LogP contribution is -2.54. The molecule has 2 saturated heterocycles. The highest BCUT2D eigenvalue weighted by Crippen LogP contribution is 2.38. The second-order valence-corrected chi connectivity index (χ2v) is 7.66. The molecule has 0 radical (unpaired) electrons. The van der Waals surface area contributed by atoms with Crippen LogP contribution in [0.1, 0.15) is 32.6 Å². The molecule has 0 aromatic heterocycles. The van der Waals surface area contributed by atoms with Crippen LogP contribution < -0.4 is 5.32 Å². The van der Waals surface area contributed by atoms with Crippen LogP contribution >= 0.6 is 11.8 Å². The van der Waals surface area contributed by atoms with E-state index in [4.69, 9.17) is 0 Å². The van der Waals surface area contributed by atoms with E-state index in [1.165, 1.54) is 0 Å². The van der Waals surface area contributed by atoms with E-state index >= 15 is 0 Å². The highest BCUT2D eigenvalue weighted by molar-refractivity contribution is 7.99. The summed E-state index contributed by atoms with van der Waals surface area (Å²) in [6, 6.07) is -0.404. The van der Waals surface area contributed by atoms with Crippen LogP contribution in [0, 0.1) is 5.92 Å². The molecule has 6 nitrogen and oxygen atoms in total. The van der Waals surface area contributed by atoms with Gasteiger partial charge in [0.25, 0.3) is 5.91 Å². The number of rotatable bonds is 2. The molecule has 22 heavy (non-hydrogen) atoms. The summed E-state index contributed by atoms with van der Waals surface area (Å²) in [7, 11) is 0. The number of nitrogens with one attached hydrogen (secondary N) is 1. The molecule has 0 aromatic carbocycles. The largest absolute Gasteiger partial charge is 0.339 e. The summed E-state index contributed by atoms with van der Waals surface area (Å²) in [5.74, 6) is 1.65. The third-order valence-electron chi connectivity index (χ3n) is 5.16. The van der Waals surface area contributed by atoms with Gasteiger partial charge in [-0.15, -0.1) is 0 Å². The summed E-state index contributed by atoms with van der Waals surface area (Å²) < 4.78 is 0. The number of hydrogen-bond acceptors (Lipinski definition) is 4. The average Bonchev–Trinajstić information content (AvgIpc) is 2.76. The third kappa shape index (κ3) is 2.59. The minimum absolute atomic E-state index is 0.121. The van der Waals surface area contributed by atoms with Crippen LogP contribution in [0.3, 0.4) is 0 Å². The van der Waals surface area contributed by atoms with Crippen molar-refractivity contribution < 1.29 is 14.4 Å². The van der Waals surface area contributed by atoms with Crippen molar-refractivity contribution in [3.8, 4) is 0 Å². The second kappa shape index (κ2) is 6.10. The number of nitrogens with zero attached hydrogens (tertiary/aromatic N) is 2. The lowest BCUT2D eigenvalue weighted by molar-refractivity contribution is -0.140. The molecule has 2 aliphatic heterocycles. The maximum atomic E-state index is 12.8. The molecular formula is C15H23N3O3S. The Morgan fingerprint density at radius 2 is 2.05 bits per heavy atom. The van der Waals surface area contributed by atoms with E-state index in [1.54, 1.807) is 4.90 Å². The quantitative estimate of drug-likeness (QED) is 0.771. The van der Waals surface area contributed by atoms with Crippen molar-refractivity contribution in [2.75, 3.05) is 31.1 Å². The number of thioether (sulfide) groups is 1. The van der Waals surface area contributed by atoms with Gasteiger partial charge in [-0.3, -0.25) is 14.5 Å². The Balaban J connectivity index is 1.70. The molecule has 4 amide bonds. The average molecular weight is 325 g/mol. The Hall–Kier alpha value is -1.24. The first kappa shape index (κ1) is 15.6. The Labute approximate surface area is 135 Å². The number of carbonyl (C=O) groups excluding carboxylic acids is 3. The molecule has 122 valence electrons. The van der Waals surface area contributed by atoms with E-state index in [0.717, 1.165) is 35.7 Å². The Morgan fingerprint density at radius 1 is 1.32 bits per heavy atom. The smallest absolute Gasteiger partial charge is 0.325 e. The first-order valence-electron chi connectivity index (χ1n) is 8.04. The predicted octanol–water partition coefficient (Wildman–Crippen LogP) is 1.06. The fraction of sp³-hybridized carbons (Fsp3) is 0.800. The molecule has 3 aliphatic rings. The van der Waals surface area contributed by atoms with Crippen LogP contribution in [-0.4, -0.2) is 64.3 Å². The van der Waals surface area contributed by atoms with Crippen LogP contribution in [0.15, 0.2) is 0 Å². The Morgan fingerprint density at radius 3 is 2.73 bits per heavy atom. The zero-order chi connectivity index (χ0) is 15.7. The third-order valence-corrected chi connectivity index (χ3v) is 6.10. The molecule has 1 spiro atoms. The highest BCUT2D eigenvalue weighted by Gasteiger charge is 2.55. The summed E-state index contributed by atoms with van der Waals surface area (Å²) in [4.78, 5) is 40.3. The predicted molar refractivity (Wildman–Crippen MR) is 84.5 cm³/mol. The van der Waals surface area contributed by atoms with Crippen LogP contribution in [0.2, 0.25) is 0 Å². The molecule has 1 saturated carbocycles. The van der Waals surface area contributed by atoms with E-state index in [9.17, 15) is 14.4 Å². The van der Waals surface area contributed by atoms with Crippen LogP contribution in [0.4, 0.5) is 4.79 Å². The van der Waals surface area contributed by atoms with Crippen LogP contribution in [-0.2, 0) is 9.59 Å². The molecule has 7 heteroatoms. The summed E-state index contributed by atoms with van der Waals surface area (Å²) in [6.45, 7) is 3.30. The minimum Gasteiger partial charge on any atom is -0.339 e. The molecule has 0 bridgehead atoms. The zero-order valence-corrected chi connectivity index (χ0v) is 13.8. The maximum absolute atomic E-state index is 12.8. The zero-order valence-electron chi connectivity index (χ0n) is 13.0. The van der Waals surface area contributed by atoms with E-state index in [1.807, 2.05) is 18.7 Å². The number of carbonyl (C=O) groups is 3. The van der Waals surface area contributed by atoms with Crippen molar-refractivity contribution in [1.29, 1.82) is 0 Å². The molecule has 3 rings (SSSR count). The number of amides is 4. The standard InChI is InChI=1S/C15H23N3O3S/c1-11-4-2-3-5-15(11)13(20)18(14(21)16-15)10-12(19)17-6-8-22-9-7-17/h11H,2-10H2,1H3,(H,16,21). The lowest BCUT2D eigenvalue weighted by Gasteiger charge is -2.37. The first-order chi connectivity index (χ1) is 10.5. The van der Waals surface area contributed by atoms with E-state index in [0.29, 0.717) is 19.5 Å². The van der Waals surface area contributed by atoms with Crippen molar-refractivity contribution in [2.24, 2.45) is 5.92 Å². The lowest BCUT2D eigenvalue weighted by atomic mass is 9.73. The second-order valence-electron chi connectivity index (χ2n) is 6.43. The van der Waals surface area contributed by atoms with Gasteiger partial charge in [0.1, 0.15) is 12.1 Å². The Kier molecular flexibility index (Phi) is 4.34. The summed E-state index contributed by atoms with van der Waals surface area (Å²) in [5, 5.41) is 2.89. The van der Waals surface area contributed by atoms with Crippen molar-refractivity contribution in [3.63, 3.8) is 0 Å². The van der Waals surface area contributed by atoms with E-state index in [-0.39, 0.29) is 24.3 Å². The molecule has 1 N–H and O–H groups in total. The van der Waals surface area contributed by atoms with Gasteiger partial charge in [-0.25, -0.2) is 4.79 Å². The van der Waals surface area contributed by atoms with Gasteiger partial charge in [0.15, 0.2) is 0 Å². The number of hydrogen-bond donors (Lipinski definition) is 1. The van der Waals surface area contributed by atoms with Gasteiger partial charge >= 0.3 is 6.03 Å².